The van der Waals surface area contributed by atoms with Crippen LogP contribution in [0.4, 0.5) is 16.4 Å². The first kappa shape index (κ1) is 21.3. The van der Waals surface area contributed by atoms with Crippen LogP contribution in [0.5, 0.6) is 5.75 Å². The molecule has 0 unspecified atom stereocenters. The van der Waals surface area contributed by atoms with Crippen molar-refractivity contribution in [2.24, 2.45) is 0 Å². The topological polar surface area (TPSA) is 105 Å². The zero-order valence-corrected chi connectivity index (χ0v) is 18.3. The van der Waals surface area contributed by atoms with E-state index in [4.69, 9.17) is 4.74 Å². The van der Waals surface area contributed by atoms with Gasteiger partial charge in [0.2, 0.25) is 5.91 Å². The summed E-state index contributed by atoms with van der Waals surface area (Å²) >= 11 is 1.40. The van der Waals surface area contributed by atoms with Gasteiger partial charge in [0, 0.05) is 19.7 Å². The molecule has 3 N–H and O–H groups in total. The maximum atomic E-state index is 13.2. The molecule has 0 saturated carbocycles. The molecule has 162 valence electrons. The van der Waals surface area contributed by atoms with Crippen LogP contribution in [0.1, 0.15) is 22.8 Å². The number of anilines is 3. The van der Waals surface area contributed by atoms with Crippen molar-refractivity contribution in [1.82, 2.24) is 9.97 Å². The number of carbonyl (C=O) groups is 2. The number of carbonyl (C=O) groups excluding carboxylic acids is 2. The molecule has 0 saturated heterocycles. The van der Waals surface area contributed by atoms with Gasteiger partial charge in [0.05, 0.1) is 41.1 Å². The van der Waals surface area contributed by atoms with Gasteiger partial charge in [-0.3, -0.25) is 19.6 Å². The monoisotopic (exact) mass is 447 g/mol. The fourth-order valence-electron chi connectivity index (χ4n) is 3.14. The summed E-state index contributed by atoms with van der Waals surface area (Å²) < 4.78 is 5.99. The SMILES string of the molecule is COc1ccc(CNc2sc3cc(NC(C)=O)cnc3c2C(=O)Nc2cccnc2)cc1. The molecule has 0 aliphatic rings. The van der Waals surface area contributed by atoms with Gasteiger partial charge in [0.1, 0.15) is 16.3 Å². The number of methoxy groups -OCH3 is 1. The molecule has 0 spiro atoms. The van der Waals surface area contributed by atoms with Gasteiger partial charge in [-0.2, -0.15) is 0 Å². The first-order valence-electron chi connectivity index (χ1n) is 9.82. The summed E-state index contributed by atoms with van der Waals surface area (Å²) in [5.41, 5.74) is 3.20. The van der Waals surface area contributed by atoms with Gasteiger partial charge in [-0.1, -0.05) is 12.1 Å². The van der Waals surface area contributed by atoms with E-state index in [9.17, 15) is 9.59 Å². The minimum absolute atomic E-state index is 0.185. The summed E-state index contributed by atoms with van der Waals surface area (Å²) in [4.78, 5) is 33.1. The van der Waals surface area contributed by atoms with E-state index in [1.54, 1.807) is 37.8 Å². The summed E-state index contributed by atoms with van der Waals surface area (Å²) in [7, 11) is 1.62. The largest absolute Gasteiger partial charge is 0.497 e. The Morgan fingerprint density at radius 3 is 2.56 bits per heavy atom. The van der Waals surface area contributed by atoms with Crippen molar-refractivity contribution in [3.05, 3.63) is 72.2 Å². The van der Waals surface area contributed by atoms with Gasteiger partial charge in [0.25, 0.3) is 5.91 Å². The highest BCUT2D eigenvalue weighted by Gasteiger charge is 2.21. The van der Waals surface area contributed by atoms with Crippen LogP contribution < -0.4 is 20.7 Å². The van der Waals surface area contributed by atoms with Gasteiger partial charge in [0.15, 0.2) is 0 Å². The highest BCUT2D eigenvalue weighted by molar-refractivity contribution is 7.23. The van der Waals surface area contributed by atoms with E-state index in [2.05, 4.69) is 25.9 Å². The number of amides is 2. The number of hydrogen-bond donors (Lipinski definition) is 3. The molecular formula is C23H21N5O3S. The predicted octanol–water partition coefficient (Wildman–Crippen LogP) is 4.52. The number of pyridine rings is 2. The van der Waals surface area contributed by atoms with Crippen molar-refractivity contribution in [2.75, 3.05) is 23.1 Å². The molecule has 0 aliphatic heterocycles. The van der Waals surface area contributed by atoms with E-state index < -0.39 is 0 Å². The molecule has 4 rings (SSSR count). The van der Waals surface area contributed by atoms with E-state index in [1.165, 1.54) is 18.3 Å². The number of aromatic nitrogens is 2. The van der Waals surface area contributed by atoms with E-state index in [0.717, 1.165) is 16.0 Å². The van der Waals surface area contributed by atoms with Crippen LogP contribution in [0.2, 0.25) is 0 Å². The van der Waals surface area contributed by atoms with E-state index in [-0.39, 0.29) is 11.8 Å². The second-order valence-corrected chi connectivity index (χ2v) is 8.01. The normalized spacial score (nSPS) is 10.6. The lowest BCUT2D eigenvalue weighted by molar-refractivity contribution is -0.114. The molecule has 0 atom stereocenters. The Balaban J connectivity index is 1.66. The summed E-state index contributed by atoms with van der Waals surface area (Å²) in [5, 5.41) is 9.65. The summed E-state index contributed by atoms with van der Waals surface area (Å²) in [6.45, 7) is 1.95. The number of ether oxygens (including phenoxy) is 1. The maximum Gasteiger partial charge on any atom is 0.260 e. The number of hydrogen-bond acceptors (Lipinski definition) is 7. The number of nitrogens with zero attached hydrogens (tertiary/aromatic N) is 2. The fourth-order valence-corrected chi connectivity index (χ4v) is 4.23. The van der Waals surface area contributed by atoms with Crippen LogP contribution in [0.25, 0.3) is 10.2 Å². The fraction of sp³-hybridized carbons (Fsp3) is 0.130. The van der Waals surface area contributed by atoms with Crippen molar-refractivity contribution in [3.63, 3.8) is 0 Å². The van der Waals surface area contributed by atoms with Gasteiger partial charge in [-0.05, 0) is 35.9 Å². The van der Waals surface area contributed by atoms with Crippen molar-refractivity contribution in [2.45, 2.75) is 13.5 Å². The van der Waals surface area contributed by atoms with Crippen LogP contribution in [-0.4, -0.2) is 28.9 Å². The lowest BCUT2D eigenvalue weighted by atomic mass is 10.2. The van der Waals surface area contributed by atoms with E-state index in [0.29, 0.717) is 34.0 Å². The Hall–Kier alpha value is -3.98. The molecule has 32 heavy (non-hydrogen) atoms. The highest BCUT2D eigenvalue weighted by Crippen LogP contribution is 2.36. The van der Waals surface area contributed by atoms with Crippen LogP contribution in [-0.2, 0) is 11.3 Å². The second-order valence-electron chi connectivity index (χ2n) is 6.96. The molecule has 9 heteroatoms. The van der Waals surface area contributed by atoms with E-state index in [1.807, 2.05) is 30.3 Å². The molecule has 3 aromatic heterocycles. The number of fused-ring (bicyclic) bond motifs is 1. The average Bonchev–Trinajstić information content (AvgIpc) is 3.16. The lowest BCUT2D eigenvalue weighted by Gasteiger charge is -2.09. The van der Waals surface area contributed by atoms with Crippen LogP contribution in [0.3, 0.4) is 0 Å². The third-order valence-electron chi connectivity index (χ3n) is 4.61. The predicted molar refractivity (Wildman–Crippen MR) is 126 cm³/mol. The summed E-state index contributed by atoms with van der Waals surface area (Å²) in [6.07, 6.45) is 4.77. The smallest absolute Gasteiger partial charge is 0.260 e. The highest BCUT2D eigenvalue weighted by atomic mass is 32.1. The Bertz CT molecular complexity index is 1260. The maximum absolute atomic E-state index is 13.2. The van der Waals surface area contributed by atoms with Crippen LogP contribution in [0.15, 0.2) is 61.1 Å². The molecule has 0 radical (unpaired) electrons. The molecule has 3 heterocycles. The Labute approximate surface area is 188 Å². The van der Waals surface area contributed by atoms with E-state index >= 15 is 0 Å². The second kappa shape index (κ2) is 9.44. The molecular weight excluding hydrogens is 426 g/mol. The van der Waals surface area contributed by atoms with Gasteiger partial charge < -0.3 is 20.7 Å². The third kappa shape index (κ3) is 4.84. The first-order chi connectivity index (χ1) is 15.5. The van der Waals surface area contributed by atoms with Crippen molar-refractivity contribution in [3.8, 4) is 5.75 Å². The summed E-state index contributed by atoms with van der Waals surface area (Å²) in [5.74, 6) is 0.304. The first-order valence-corrected chi connectivity index (χ1v) is 10.6. The lowest BCUT2D eigenvalue weighted by Crippen LogP contribution is -2.14. The molecule has 2 amide bonds. The molecule has 1 aromatic carbocycles. The van der Waals surface area contributed by atoms with Crippen LogP contribution in [0, 0.1) is 0 Å². The van der Waals surface area contributed by atoms with Crippen LogP contribution >= 0.6 is 11.3 Å². The number of rotatable bonds is 7. The Kier molecular flexibility index (Phi) is 6.27. The average molecular weight is 448 g/mol. The van der Waals surface area contributed by atoms with Gasteiger partial charge in [-0.15, -0.1) is 11.3 Å². The van der Waals surface area contributed by atoms with Gasteiger partial charge in [-0.25, -0.2) is 0 Å². The Morgan fingerprint density at radius 2 is 1.88 bits per heavy atom. The zero-order valence-electron chi connectivity index (χ0n) is 17.5. The van der Waals surface area contributed by atoms with Crippen molar-refractivity contribution < 1.29 is 14.3 Å². The van der Waals surface area contributed by atoms with Crippen molar-refractivity contribution in [1.29, 1.82) is 0 Å². The summed E-state index contributed by atoms with van der Waals surface area (Å²) in [6, 6.07) is 13.0. The van der Waals surface area contributed by atoms with Gasteiger partial charge >= 0.3 is 0 Å². The van der Waals surface area contributed by atoms with Crippen molar-refractivity contribution >= 4 is 49.7 Å². The minimum Gasteiger partial charge on any atom is -0.497 e. The molecule has 4 aromatic rings. The molecule has 8 nitrogen and oxygen atoms in total. The quantitative estimate of drug-likeness (QED) is 0.385. The molecule has 0 aliphatic carbocycles. The minimum atomic E-state index is -0.291. The number of nitrogens with one attached hydrogen (secondary N) is 3. The Morgan fingerprint density at radius 1 is 1.06 bits per heavy atom. The molecule has 0 fully saturated rings. The number of benzene rings is 1. The molecule has 0 bridgehead atoms. The number of thiophene rings is 1. The standard InChI is InChI=1S/C23H21N5O3S/c1-14(29)27-17-10-19-21(25-13-17)20(22(30)28-16-4-3-9-24-12-16)23(32-19)26-11-15-5-7-18(31-2)8-6-15/h3-10,12-13,26H,11H2,1-2H3,(H,27,29)(H,28,30). The third-order valence-corrected chi connectivity index (χ3v) is 5.69. The zero-order chi connectivity index (χ0) is 22.5.